The topological polar surface area (TPSA) is 110 Å². The first kappa shape index (κ1) is 30.1. The quantitative estimate of drug-likeness (QED) is 0.277. The summed E-state index contributed by atoms with van der Waals surface area (Å²) in [6.07, 6.45) is 0.735. The summed E-state index contributed by atoms with van der Waals surface area (Å²) in [6, 6.07) is 7.34. The molecule has 0 bridgehead atoms. The van der Waals surface area contributed by atoms with Crippen LogP contribution in [0.1, 0.15) is 28.8 Å². The van der Waals surface area contributed by atoms with Crippen LogP contribution in [0.3, 0.4) is 0 Å². The number of anilines is 3. The normalized spacial score (nSPS) is 15.0. The molecule has 5 rings (SSSR count). The Labute approximate surface area is 247 Å². The van der Waals surface area contributed by atoms with E-state index in [1.165, 1.54) is 7.11 Å². The summed E-state index contributed by atoms with van der Waals surface area (Å²) >= 11 is 0. The fourth-order valence-electron chi connectivity index (χ4n) is 4.92. The van der Waals surface area contributed by atoms with Crippen LogP contribution in [0.4, 0.5) is 35.3 Å². The largest absolute Gasteiger partial charge is 0.495 e. The van der Waals surface area contributed by atoms with Crippen molar-refractivity contribution in [3.63, 3.8) is 0 Å². The van der Waals surface area contributed by atoms with Gasteiger partial charge in [0, 0.05) is 49.1 Å². The molecule has 1 fully saturated rings. The molecule has 1 aromatic heterocycles. The van der Waals surface area contributed by atoms with Crippen LogP contribution in [0.2, 0.25) is 0 Å². The van der Waals surface area contributed by atoms with Crippen molar-refractivity contribution in [1.82, 2.24) is 14.9 Å². The minimum absolute atomic E-state index is 0.101. The lowest BCUT2D eigenvalue weighted by atomic mass is 9.95. The fraction of sp³-hybridized carbons (Fsp3) is 0.367. The van der Waals surface area contributed by atoms with E-state index in [4.69, 9.17) is 14.2 Å². The average Bonchev–Trinajstić information content (AvgIpc) is 2.98. The van der Waals surface area contributed by atoms with E-state index in [2.05, 4.69) is 30.8 Å². The number of nitrogens with one attached hydrogen (secondary N) is 3. The Hall–Kier alpha value is -4.36. The number of carbonyl (C=O) groups is 1. The van der Waals surface area contributed by atoms with E-state index in [1.54, 1.807) is 18.2 Å². The molecule has 0 unspecified atom stereocenters. The zero-order valence-corrected chi connectivity index (χ0v) is 23.9. The number of halogens is 3. The van der Waals surface area contributed by atoms with Gasteiger partial charge in [0.2, 0.25) is 11.8 Å². The first-order chi connectivity index (χ1) is 20.7. The van der Waals surface area contributed by atoms with E-state index in [1.807, 2.05) is 19.1 Å². The molecular weight excluding hydrogens is 565 g/mol. The van der Waals surface area contributed by atoms with Crippen molar-refractivity contribution in [3.05, 3.63) is 64.9 Å². The Morgan fingerprint density at radius 3 is 2.58 bits per heavy atom. The average molecular weight is 599 g/mol. The van der Waals surface area contributed by atoms with Gasteiger partial charge in [0.1, 0.15) is 11.5 Å². The summed E-state index contributed by atoms with van der Waals surface area (Å²) in [4.78, 5) is 24.2. The van der Waals surface area contributed by atoms with Crippen molar-refractivity contribution >= 4 is 29.4 Å². The van der Waals surface area contributed by atoms with Crippen molar-refractivity contribution < 1.29 is 32.2 Å². The monoisotopic (exact) mass is 598 g/mol. The molecule has 1 aliphatic heterocycles. The Morgan fingerprint density at radius 2 is 1.81 bits per heavy atom. The number of ether oxygens (including phenoxy) is 3. The second-order valence-corrected chi connectivity index (χ2v) is 10.1. The number of hydrogen-bond acceptors (Lipinski definition) is 8. The van der Waals surface area contributed by atoms with Gasteiger partial charge in [0.25, 0.3) is 0 Å². The van der Waals surface area contributed by atoms with Gasteiger partial charge in [-0.25, -0.2) is 9.78 Å². The van der Waals surface area contributed by atoms with Crippen LogP contribution in [0.5, 0.6) is 17.4 Å². The molecule has 0 spiro atoms. The van der Waals surface area contributed by atoms with Gasteiger partial charge in [-0.1, -0.05) is 12.2 Å². The van der Waals surface area contributed by atoms with Crippen LogP contribution in [0.25, 0.3) is 6.08 Å². The second kappa shape index (κ2) is 13.3. The van der Waals surface area contributed by atoms with E-state index in [9.17, 15) is 18.0 Å². The van der Waals surface area contributed by atoms with Gasteiger partial charge < -0.3 is 30.2 Å². The summed E-state index contributed by atoms with van der Waals surface area (Å²) < 4.78 is 56.5. The van der Waals surface area contributed by atoms with Gasteiger partial charge in [0.15, 0.2) is 0 Å². The number of rotatable bonds is 9. The number of alkyl halides is 3. The molecule has 1 saturated heterocycles. The number of benzene rings is 2. The highest BCUT2D eigenvalue weighted by Crippen LogP contribution is 2.37. The smallest absolute Gasteiger partial charge is 0.416 e. The van der Waals surface area contributed by atoms with Gasteiger partial charge >= 0.3 is 12.2 Å². The van der Waals surface area contributed by atoms with Crippen LogP contribution >= 0.6 is 0 Å². The number of allylic oxidation sites excluding steroid dienone is 1. The number of urea groups is 1. The summed E-state index contributed by atoms with van der Waals surface area (Å²) in [5, 5.41) is 8.49. The van der Waals surface area contributed by atoms with Gasteiger partial charge in [-0.2, -0.15) is 18.2 Å². The predicted molar refractivity (Wildman–Crippen MR) is 157 cm³/mol. The standard InChI is InChI=1S/C30H33F3N6O4/c1-19-17-27(38-28(35-19)34-11-12-39-13-15-42-16-14-39)43-25-10-8-23(21-5-3-4-6-22(21)25)36-29(40)37-24-18-20(30(31,32)33)7-9-26(24)41-2/h3,5,7-10,17-18H,4,6,11-16H2,1-2H3,(H,34,35,38)(H2,36,37,40). The highest BCUT2D eigenvalue weighted by molar-refractivity contribution is 6.02. The molecular formula is C30H33F3N6O4. The zero-order chi connectivity index (χ0) is 30.4. The Bertz CT molecular complexity index is 1490. The lowest BCUT2D eigenvalue weighted by Gasteiger charge is -2.26. The molecule has 1 aliphatic carbocycles. The van der Waals surface area contributed by atoms with E-state index in [-0.39, 0.29) is 11.4 Å². The lowest BCUT2D eigenvalue weighted by Crippen LogP contribution is -2.39. The van der Waals surface area contributed by atoms with Gasteiger partial charge in [-0.05, 0) is 50.1 Å². The van der Waals surface area contributed by atoms with E-state index < -0.39 is 17.8 Å². The van der Waals surface area contributed by atoms with E-state index in [0.29, 0.717) is 36.2 Å². The third kappa shape index (κ3) is 7.73. The molecule has 0 atom stereocenters. The van der Waals surface area contributed by atoms with E-state index >= 15 is 0 Å². The number of aromatic nitrogens is 2. The Kier molecular flexibility index (Phi) is 9.31. The summed E-state index contributed by atoms with van der Waals surface area (Å²) in [6.45, 7) is 6.67. The number of methoxy groups -OCH3 is 1. The van der Waals surface area contributed by atoms with Crippen molar-refractivity contribution in [2.24, 2.45) is 0 Å². The first-order valence-corrected chi connectivity index (χ1v) is 13.9. The van der Waals surface area contributed by atoms with Gasteiger partial charge in [0.05, 0.1) is 37.3 Å². The SMILES string of the molecule is COc1ccc(C(F)(F)F)cc1NC(=O)Nc1ccc(Oc2cc(C)nc(NCCN3CCOCC3)n2)c2c1C=CCC2. The molecule has 2 amide bonds. The van der Waals surface area contributed by atoms with Crippen molar-refractivity contribution in [1.29, 1.82) is 0 Å². The summed E-state index contributed by atoms with van der Waals surface area (Å²) in [5.74, 6) is 1.54. The Balaban J connectivity index is 1.29. The van der Waals surface area contributed by atoms with Gasteiger partial charge in [-0.3, -0.25) is 4.90 Å². The number of nitrogens with zero attached hydrogens (tertiary/aromatic N) is 3. The third-order valence-electron chi connectivity index (χ3n) is 7.04. The fourth-order valence-corrected chi connectivity index (χ4v) is 4.92. The number of amides is 2. The predicted octanol–water partition coefficient (Wildman–Crippen LogP) is 5.95. The highest BCUT2D eigenvalue weighted by Gasteiger charge is 2.31. The molecule has 3 aromatic rings. The van der Waals surface area contributed by atoms with Crippen LogP contribution in [0.15, 0.2) is 42.5 Å². The van der Waals surface area contributed by atoms with Crippen molar-refractivity contribution in [2.45, 2.75) is 25.9 Å². The molecule has 2 aliphatic rings. The maximum Gasteiger partial charge on any atom is 0.416 e. The summed E-state index contributed by atoms with van der Waals surface area (Å²) in [7, 11) is 1.31. The molecule has 228 valence electrons. The summed E-state index contributed by atoms with van der Waals surface area (Å²) in [5.41, 5.74) is 1.83. The maximum atomic E-state index is 13.2. The van der Waals surface area contributed by atoms with Crippen molar-refractivity contribution in [3.8, 4) is 17.4 Å². The highest BCUT2D eigenvalue weighted by atomic mass is 19.4. The number of fused-ring (bicyclic) bond motifs is 1. The molecule has 0 saturated carbocycles. The van der Waals surface area contributed by atoms with Crippen LogP contribution in [-0.4, -0.2) is 67.4 Å². The maximum absolute atomic E-state index is 13.2. The zero-order valence-electron chi connectivity index (χ0n) is 23.9. The molecule has 2 aromatic carbocycles. The van der Waals surface area contributed by atoms with E-state index in [0.717, 1.165) is 74.3 Å². The molecule has 3 N–H and O–H groups in total. The Morgan fingerprint density at radius 1 is 1.05 bits per heavy atom. The second-order valence-electron chi connectivity index (χ2n) is 10.1. The number of carbonyl (C=O) groups excluding carboxylic acids is 1. The molecule has 10 nitrogen and oxygen atoms in total. The lowest BCUT2D eigenvalue weighted by molar-refractivity contribution is -0.137. The minimum atomic E-state index is -4.57. The molecule has 2 heterocycles. The van der Waals surface area contributed by atoms with Gasteiger partial charge in [-0.15, -0.1) is 0 Å². The van der Waals surface area contributed by atoms with Crippen LogP contribution < -0.4 is 25.4 Å². The number of morpholine rings is 1. The molecule has 13 heteroatoms. The van der Waals surface area contributed by atoms with Crippen LogP contribution in [-0.2, 0) is 17.3 Å². The van der Waals surface area contributed by atoms with Crippen molar-refractivity contribution in [2.75, 3.05) is 62.5 Å². The van der Waals surface area contributed by atoms with Crippen LogP contribution in [0, 0.1) is 6.92 Å². The third-order valence-corrected chi connectivity index (χ3v) is 7.04. The molecule has 43 heavy (non-hydrogen) atoms. The first-order valence-electron chi connectivity index (χ1n) is 13.9. The number of aryl methyl sites for hydroxylation is 1. The minimum Gasteiger partial charge on any atom is -0.495 e. The number of hydrogen-bond donors (Lipinski definition) is 3. The molecule has 0 radical (unpaired) electrons.